The molecule has 0 radical (unpaired) electrons. The Morgan fingerprint density at radius 1 is 1.11 bits per heavy atom. The molecule has 0 bridgehead atoms. The summed E-state index contributed by atoms with van der Waals surface area (Å²) >= 11 is 0. The third-order valence-electron chi connectivity index (χ3n) is 4.55. The second-order valence-corrected chi connectivity index (χ2v) is 6.51. The predicted molar refractivity (Wildman–Crippen MR) is 102 cm³/mol. The van der Waals surface area contributed by atoms with E-state index in [-0.39, 0.29) is 12.7 Å². The SMILES string of the molecule is CCCCN(Cc1ccc2c(c1)OCO2)C(=O)c1cnc2ccccc2n1. The lowest BCUT2D eigenvalue weighted by Crippen LogP contribution is -2.32. The molecule has 2 aromatic carbocycles. The van der Waals surface area contributed by atoms with Gasteiger partial charge in [-0.2, -0.15) is 0 Å². The predicted octanol–water partition coefficient (Wildman–Crippen LogP) is 3.80. The number of unbranched alkanes of at least 4 members (excludes halogenated alkanes) is 1. The number of hydrogen-bond acceptors (Lipinski definition) is 5. The first kappa shape index (κ1) is 17.3. The number of aromatic nitrogens is 2. The van der Waals surface area contributed by atoms with Crippen molar-refractivity contribution < 1.29 is 14.3 Å². The standard InChI is InChI=1S/C21H21N3O3/c1-2-3-10-24(13-15-8-9-19-20(11-15)27-14-26-19)21(25)18-12-22-16-6-4-5-7-17(16)23-18/h4-9,11-12H,2-3,10,13-14H2,1H3. The number of para-hydroxylation sites is 2. The van der Waals surface area contributed by atoms with Crippen LogP contribution >= 0.6 is 0 Å². The number of carbonyl (C=O) groups excluding carboxylic acids is 1. The Bertz CT molecular complexity index is 974. The molecule has 1 aliphatic rings. The number of nitrogens with zero attached hydrogens (tertiary/aromatic N) is 3. The minimum atomic E-state index is -0.112. The minimum Gasteiger partial charge on any atom is -0.454 e. The van der Waals surface area contributed by atoms with E-state index in [4.69, 9.17) is 9.47 Å². The molecule has 6 heteroatoms. The molecule has 0 aliphatic carbocycles. The minimum absolute atomic E-state index is 0.112. The molecule has 0 atom stereocenters. The monoisotopic (exact) mass is 363 g/mol. The van der Waals surface area contributed by atoms with Crippen LogP contribution in [0.2, 0.25) is 0 Å². The van der Waals surface area contributed by atoms with Crippen molar-refractivity contribution in [3.05, 3.63) is 59.9 Å². The van der Waals surface area contributed by atoms with E-state index in [1.807, 2.05) is 47.4 Å². The molecule has 2 heterocycles. The molecular formula is C21H21N3O3. The summed E-state index contributed by atoms with van der Waals surface area (Å²) in [6.45, 7) is 3.51. The molecule has 0 unspecified atom stereocenters. The van der Waals surface area contributed by atoms with Crippen molar-refractivity contribution in [2.24, 2.45) is 0 Å². The van der Waals surface area contributed by atoms with Gasteiger partial charge in [0.15, 0.2) is 11.5 Å². The van der Waals surface area contributed by atoms with E-state index in [2.05, 4.69) is 16.9 Å². The number of benzene rings is 2. The van der Waals surface area contributed by atoms with Gasteiger partial charge >= 0.3 is 0 Å². The first-order valence-corrected chi connectivity index (χ1v) is 9.14. The molecule has 1 aromatic heterocycles. The van der Waals surface area contributed by atoms with Crippen LogP contribution in [0.3, 0.4) is 0 Å². The van der Waals surface area contributed by atoms with Crippen LogP contribution in [-0.4, -0.2) is 34.1 Å². The Labute approximate surface area is 157 Å². The van der Waals surface area contributed by atoms with Crippen molar-refractivity contribution in [1.29, 1.82) is 0 Å². The highest BCUT2D eigenvalue weighted by molar-refractivity contribution is 5.93. The maximum Gasteiger partial charge on any atom is 0.274 e. The zero-order chi connectivity index (χ0) is 18.6. The van der Waals surface area contributed by atoms with Gasteiger partial charge in [-0.05, 0) is 36.2 Å². The fourth-order valence-corrected chi connectivity index (χ4v) is 3.08. The molecule has 3 aromatic rings. The summed E-state index contributed by atoms with van der Waals surface area (Å²) in [5.74, 6) is 1.35. The van der Waals surface area contributed by atoms with Crippen molar-refractivity contribution in [2.75, 3.05) is 13.3 Å². The Kier molecular flexibility index (Phi) is 4.87. The fourth-order valence-electron chi connectivity index (χ4n) is 3.08. The van der Waals surface area contributed by atoms with Gasteiger partial charge < -0.3 is 14.4 Å². The first-order chi connectivity index (χ1) is 13.2. The van der Waals surface area contributed by atoms with E-state index in [1.165, 1.54) is 0 Å². The summed E-state index contributed by atoms with van der Waals surface area (Å²) in [5, 5.41) is 0. The van der Waals surface area contributed by atoms with Crippen LogP contribution in [0, 0.1) is 0 Å². The van der Waals surface area contributed by atoms with Crippen LogP contribution in [0.1, 0.15) is 35.8 Å². The van der Waals surface area contributed by atoms with Gasteiger partial charge in [-0.3, -0.25) is 9.78 Å². The Balaban J connectivity index is 1.59. The second kappa shape index (κ2) is 7.61. The number of fused-ring (bicyclic) bond motifs is 2. The van der Waals surface area contributed by atoms with E-state index < -0.39 is 0 Å². The smallest absolute Gasteiger partial charge is 0.274 e. The average molecular weight is 363 g/mol. The zero-order valence-electron chi connectivity index (χ0n) is 15.2. The van der Waals surface area contributed by atoms with E-state index >= 15 is 0 Å². The van der Waals surface area contributed by atoms with Gasteiger partial charge in [-0.15, -0.1) is 0 Å². The summed E-state index contributed by atoms with van der Waals surface area (Å²) in [4.78, 5) is 23.8. The highest BCUT2D eigenvalue weighted by Gasteiger charge is 2.20. The molecule has 0 saturated carbocycles. The second-order valence-electron chi connectivity index (χ2n) is 6.51. The molecule has 6 nitrogen and oxygen atoms in total. The lowest BCUT2D eigenvalue weighted by molar-refractivity contribution is 0.0734. The molecule has 0 N–H and O–H groups in total. The highest BCUT2D eigenvalue weighted by Crippen LogP contribution is 2.33. The van der Waals surface area contributed by atoms with Gasteiger partial charge in [-0.25, -0.2) is 4.98 Å². The average Bonchev–Trinajstić information content (AvgIpc) is 3.18. The van der Waals surface area contributed by atoms with E-state index in [0.29, 0.717) is 18.8 Å². The summed E-state index contributed by atoms with van der Waals surface area (Å²) < 4.78 is 10.8. The lowest BCUT2D eigenvalue weighted by atomic mass is 10.1. The third-order valence-corrected chi connectivity index (χ3v) is 4.55. The zero-order valence-corrected chi connectivity index (χ0v) is 15.2. The van der Waals surface area contributed by atoms with Gasteiger partial charge in [0.2, 0.25) is 6.79 Å². The number of ether oxygens (including phenoxy) is 2. The fraction of sp³-hybridized carbons (Fsp3) is 0.286. The van der Waals surface area contributed by atoms with Gasteiger partial charge in [0.05, 0.1) is 17.2 Å². The van der Waals surface area contributed by atoms with Crippen LogP contribution in [0.5, 0.6) is 11.5 Å². The van der Waals surface area contributed by atoms with Gasteiger partial charge in [-0.1, -0.05) is 31.5 Å². The van der Waals surface area contributed by atoms with Crippen molar-refractivity contribution in [2.45, 2.75) is 26.3 Å². The van der Waals surface area contributed by atoms with Crippen molar-refractivity contribution in [3.63, 3.8) is 0 Å². The van der Waals surface area contributed by atoms with Crippen LogP contribution in [-0.2, 0) is 6.54 Å². The Hall–Kier alpha value is -3.15. The van der Waals surface area contributed by atoms with Gasteiger partial charge in [0.1, 0.15) is 5.69 Å². The van der Waals surface area contributed by atoms with Crippen molar-refractivity contribution in [3.8, 4) is 11.5 Å². The number of hydrogen-bond donors (Lipinski definition) is 0. The van der Waals surface area contributed by atoms with E-state index in [9.17, 15) is 4.79 Å². The summed E-state index contributed by atoms with van der Waals surface area (Å²) in [6, 6.07) is 13.3. The van der Waals surface area contributed by atoms with Crippen LogP contribution < -0.4 is 9.47 Å². The Morgan fingerprint density at radius 3 is 2.78 bits per heavy atom. The molecule has 138 valence electrons. The molecule has 27 heavy (non-hydrogen) atoms. The molecular weight excluding hydrogens is 342 g/mol. The van der Waals surface area contributed by atoms with E-state index in [0.717, 1.165) is 40.9 Å². The quantitative estimate of drug-likeness (QED) is 0.666. The molecule has 4 rings (SSSR count). The molecule has 1 amide bonds. The van der Waals surface area contributed by atoms with Gasteiger partial charge in [0.25, 0.3) is 5.91 Å². The number of rotatable bonds is 6. The normalized spacial score (nSPS) is 12.3. The summed E-state index contributed by atoms with van der Waals surface area (Å²) in [7, 11) is 0. The highest BCUT2D eigenvalue weighted by atomic mass is 16.7. The first-order valence-electron chi connectivity index (χ1n) is 9.14. The van der Waals surface area contributed by atoms with Crippen molar-refractivity contribution in [1.82, 2.24) is 14.9 Å². The maximum absolute atomic E-state index is 13.1. The topological polar surface area (TPSA) is 64.6 Å². The lowest BCUT2D eigenvalue weighted by Gasteiger charge is -2.22. The number of amides is 1. The molecule has 1 aliphatic heterocycles. The van der Waals surface area contributed by atoms with Crippen molar-refractivity contribution >= 4 is 16.9 Å². The molecule has 0 fully saturated rings. The van der Waals surface area contributed by atoms with Crippen LogP contribution in [0.4, 0.5) is 0 Å². The van der Waals surface area contributed by atoms with E-state index in [1.54, 1.807) is 6.20 Å². The largest absolute Gasteiger partial charge is 0.454 e. The third kappa shape index (κ3) is 3.69. The molecule has 0 saturated heterocycles. The van der Waals surface area contributed by atoms with Gasteiger partial charge in [0, 0.05) is 13.1 Å². The van der Waals surface area contributed by atoms with Crippen LogP contribution in [0.25, 0.3) is 11.0 Å². The maximum atomic E-state index is 13.1. The van der Waals surface area contributed by atoms with Crippen LogP contribution in [0.15, 0.2) is 48.7 Å². The summed E-state index contributed by atoms with van der Waals surface area (Å²) in [6.07, 6.45) is 3.49. The molecule has 0 spiro atoms. The summed E-state index contributed by atoms with van der Waals surface area (Å²) in [5.41, 5.74) is 2.87. The number of carbonyl (C=O) groups is 1. The Morgan fingerprint density at radius 2 is 1.93 bits per heavy atom.